The first-order valence-electron chi connectivity index (χ1n) is 6.89. The van der Waals surface area contributed by atoms with E-state index in [9.17, 15) is 14.9 Å². The van der Waals surface area contributed by atoms with Gasteiger partial charge in [-0.15, -0.1) is 0 Å². The van der Waals surface area contributed by atoms with Crippen molar-refractivity contribution in [1.82, 2.24) is 5.32 Å². The number of fused-ring (bicyclic) bond motifs is 2. The maximum Gasteiger partial charge on any atom is 0.292 e. The molecule has 0 aliphatic heterocycles. The molecule has 6 nitrogen and oxygen atoms in total. The van der Waals surface area contributed by atoms with Gasteiger partial charge >= 0.3 is 0 Å². The minimum Gasteiger partial charge on any atom is -0.393 e. The van der Waals surface area contributed by atoms with E-state index in [1.807, 2.05) is 0 Å². The molecule has 20 heavy (non-hydrogen) atoms. The number of carbonyl (C=O) groups excluding carboxylic acids is 1. The van der Waals surface area contributed by atoms with Gasteiger partial charge in [-0.3, -0.25) is 14.9 Å². The zero-order valence-electron chi connectivity index (χ0n) is 11.0. The molecule has 0 saturated heterocycles. The van der Waals surface area contributed by atoms with Crippen LogP contribution in [0, 0.1) is 22.0 Å². The molecule has 6 heteroatoms. The summed E-state index contributed by atoms with van der Waals surface area (Å²) in [6.45, 7) is 0. The van der Waals surface area contributed by atoms with Crippen LogP contribution in [-0.2, 0) is 0 Å². The Bertz CT molecular complexity index is 573. The fraction of sp³-hybridized carbons (Fsp3) is 0.500. The van der Waals surface area contributed by atoms with Gasteiger partial charge in [0.1, 0.15) is 5.69 Å². The second-order valence-electron chi connectivity index (χ2n) is 5.79. The molecule has 3 N–H and O–H groups in total. The smallest absolute Gasteiger partial charge is 0.292 e. The summed E-state index contributed by atoms with van der Waals surface area (Å²) >= 11 is 0. The maximum absolute atomic E-state index is 12.2. The Morgan fingerprint density at radius 3 is 2.75 bits per heavy atom. The Morgan fingerprint density at radius 2 is 2.15 bits per heavy atom. The Morgan fingerprint density at radius 1 is 1.35 bits per heavy atom. The van der Waals surface area contributed by atoms with Crippen molar-refractivity contribution >= 4 is 17.3 Å². The number of carbonyl (C=O) groups is 1. The van der Waals surface area contributed by atoms with Crippen LogP contribution in [0.4, 0.5) is 11.4 Å². The van der Waals surface area contributed by atoms with E-state index in [0.717, 1.165) is 12.3 Å². The standard InChI is InChI=1S/C14H17N3O3/c15-11-4-3-10(7-13(11)17(19)20)14(18)16-12-6-8-1-2-9(12)5-8/h3-4,7-9,12H,1-2,5-6,15H2,(H,16,18). The number of rotatable bonds is 3. The highest BCUT2D eigenvalue weighted by Gasteiger charge is 2.40. The topological polar surface area (TPSA) is 98.3 Å². The van der Waals surface area contributed by atoms with E-state index in [1.165, 1.54) is 37.5 Å². The summed E-state index contributed by atoms with van der Waals surface area (Å²) in [6.07, 6.45) is 4.68. The fourth-order valence-corrected chi connectivity index (χ4v) is 3.52. The average molecular weight is 275 g/mol. The lowest BCUT2D eigenvalue weighted by Crippen LogP contribution is -2.38. The van der Waals surface area contributed by atoms with Crippen molar-refractivity contribution in [3.8, 4) is 0 Å². The number of hydrogen-bond acceptors (Lipinski definition) is 4. The van der Waals surface area contributed by atoms with E-state index in [4.69, 9.17) is 5.73 Å². The molecule has 3 unspecified atom stereocenters. The van der Waals surface area contributed by atoms with Gasteiger partial charge in [0.25, 0.3) is 11.6 Å². The molecule has 2 fully saturated rings. The molecule has 1 aromatic carbocycles. The van der Waals surface area contributed by atoms with Gasteiger partial charge in [-0.25, -0.2) is 0 Å². The van der Waals surface area contributed by atoms with Crippen molar-refractivity contribution in [1.29, 1.82) is 0 Å². The van der Waals surface area contributed by atoms with Gasteiger partial charge < -0.3 is 11.1 Å². The fourth-order valence-electron chi connectivity index (χ4n) is 3.52. The Kier molecular flexibility index (Phi) is 3.08. The van der Waals surface area contributed by atoms with E-state index in [0.29, 0.717) is 11.5 Å². The SMILES string of the molecule is Nc1ccc(C(=O)NC2CC3CCC2C3)cc1[N+](=O)[O-]. The van der Waals surface area contributed by atoms with Gasteiger partial charge in [0, 0.05) is 17.7 Å². The third-order valence-electron chi connectivity index (χ3n) is 4.54. The van der Waals surface area contributed by atoms with Crippen molar-refractivity contribution in [2.45, 2.75) is 31.7 Å². The second-order valence-corrected chi connectivity index (χ2v) is 5.79. The Labute approximate surface area is 116 Å². The van der Waals surface area contributed by atoms with Crippen LogP contribution in [0.1, 0.15) is 36.0 Å². The lowest BCUT2D eigenvalue weighted by Gasteiger charge is -2.22. The third kappa shape index (κ3) is 2.21. The highest BCUT2D eigenvalue weighted by Crippen LogP contribution is 2.44. The van der Waals surface area contributed by atoms with Crippen LogP contribution in [0.15, 0.2) is 18.2 Å². The number of nitro groups is 1. The van der Waals surface area contributed by atoms with Gasteiger partial charge in [0.2, 0.25) is 0 Å². The Balaban J connectivity index is 1.74. The van der Waals surface area contributed by atoms with Crippen molar-refractivity contribution in [2.75, 3.05) is 5.73 Å². The molecule has 2 aliphatic carbocycles. The highest BCUT2D eigenvalue weighted by molar-refractivity contribution is 5.95. The van der Waals surface area contributed by atoms with Crippen LogP contribution >= 0.6 is 0 Å². The predicted molar refractivity (Wildman–Crippen MR) is 74.2 cm³/mol. The zero-order chi connectivity index (χ0) is 14.3. The van der Waals surface area contributed by atoms with Crippen LogP contribution in [0.5, 0.6) is 0 Å². The van der Waals surface area contributed by atoms with E-state index in [2.05, 4.69) is 5.32 Å². The minimum absolute atomic E-state index is 0.0754. The summed E-state index contributed by atoms with van der Waals surface area (Å²) in [5.41, 5.74) is 5.69. The van der Waals surface area contributed by atoms with Crippen LogP contribution in [0.2, 0.25) is 0 Å². The van der Waals surface area contributed by atoms with Gasteiger partial charge in [-0.2, -0.15) is 0 Å². The first-order valence-corrected chi connectivity index (χ1v) is 6.89. The van der Waals surface area contributed by atoms with E-state index in [-0.39, 0.29) is 23.3 Å². The van der Waals surface area contributed by atoms with Crippen LogP contribution in [0.3, 0.4) is 0 Å². The van der Waals surface area contributed by atoms with E-state index in [1.54, 1.807) is 0 Å². The van der Waals surface area contributed by atoms with E-state index >= 15 is 0 Å². The normalized spacial score (nSPS) is 27.5. The van der Waals surface area contributed by atoms with Gasteiger partial charge in [0.05, 0.1) is 4.92 Å². The molecule has 0 radical (unpaired) electrons. The lowest BCUT2D eigenvalue weighted by atomic mass is 9.95. The summed E-state index contributed by atoms with van der Waals surface area (Å²) in [7, 11) is 0. The van der Waals surface area contributed by atoms with Crippen LogP contribution < -0.4 is 11.1 Å². The summed E-state index contributed by atoms with van der Waals surface area (Å²) in [5, 5.41) is 13.8. The summed E-state index contributed by atoms with van der Waals surface area (Å²) in [4.78, 5) is 22.5. The molecule has 0 heterocycles. The van der Waals surface area contributed by atoms with Crippen LogP contribution in [0.25, 0.3) is 0 Å². The molecule has 1 aromatic rings. The molecular weight excluding hydrogens is 258 g/mol. The lowest BCUT2D eigenvalue weighted by molar-refractivity contribution is -0.383. The van der Waals surface area contributed by atoms with Crippen molar-refractivity contribution in [2.24, 2.45) is 11.8 Å². The summed E-state index contributed by atoms with van der Waals surface area (Å²) < 4.78 is 0. The first kappa shape index (κ1) is 12.9. The molecule has 0 spiro atoms. The molecule has 2 bridgehead atoms. The number of nitrogens with zero attached hydrogens (tertiary/aromatic N) is 1. The number of anilines is 1. The molecule has 0 aromatic heterocycles. The van der Waals surface area contributed by atoms with Gasteiger partial charge in [-0.1, -0.05) is 6.42 Å². The quantitative estimate of drug-likeness (QED) is 0.501. The summed E-state index contributed by atoms with van der Waals surface area (Å²) in [6, 6.07) is 4.41. The molecule has 106 valence electrons. The molecule has 2 saturated carbocycles. The number of benzene rings is 1. The number of nitrogens with one attached hydrogen (secondary N) is 1. The van der Waals surface area contributed by atoms with Crippen LogP contribution in [-0.4, -0.2) is 16.9 Å². The van der Waals surface area contributed by atoms with E-state index < -0.39 is 4.92 Å². The third-order valence-corrected chi connectivity index (χ3v) is 4.54. The summed E-state index contributed by atoms with van der Waals surface area (Å²) in [5.74, 6) is 1.07. The number of nitrogens with two attached hydrogens (primary N) is 1. The number of nitrogen functional groups attached to an aromatic ring is 1. The molecule has 3 rings (SSSR count). The first-order chi connectivity index (χ1) is 9.54. The second kappa shape index (κ2) is 4.77. The molecule has 2 aliphatic rings. The van der Waals surface area contributed by atoms with Crippen molar-refractivity contribution in [3.05, 3.63) is 33.9 Å². The average Bonchev–Trinajstić information content (AvgIpc) is 3.01. The minimum atomic E-state index is -0.566. The van der Waals surface area contributed by atoms with Gasteiger partial charge in [0.15, 0.2) is 0 Å². The number of nitro benzene ring substituents is 1. The predicted octanol–water partition coefficient (Wildman–Crippen LogP) is 2.10. The largest absolute Gasteiger partial charge is 0.393 e. The monoisotopic (exact) mass is 275 g/mol. The van der Waals surface area contributed by atoms with Crippen molar-refractivity contribution < 1.29 is 9.72 Å². The maximum atomic E-state index is 12.2. The Hall–Kier alpha value is -2.11. The molecule has 3 atom stereocenters. The highest BCUT2D eigenvalue weighted by atomic mass is 16.6. The number of hydrogen-bond donors (Lipinski definition) is 2. The number of amides is 1. The zero-order valence-corrected chi connectivity index (χ0v) is 11.0. The molecule has 1 amide bonds. The molecular formula is C14H17N3O3. The van der Waals surface area contributed by atoms with Gasteiger partial charge in [-0.05, 0) is 43.2 Å². The van der Waals surface area contributed by atoms with Crippen molar-refractivity contribution in [3.63, 3.8) is 0 Å².